The Balaban J connectivity index is 2.05. The molecule has 2 rings (SSSR count). The van der Waals surface area contributed by atoms with Crippen LogP contribution in [0.1, 0.15) is 39.0 Å². The van der Waals surface area contributed by atoms with Crippen LogP contribution in [-0.2, 0) is 6.54 Å². The molecule has 1 aromatic rings. The van der Waals surface area contributed by atoms with Crippen molar-refractivity contribution in [3.63, 3.8) is 0 Å². The monoisotopic (exact) mass is 291 g/mol. The second kappa shape index (κ2) is 6.28. The first kappa shape index (κ1) is 16.2. The fourth-order valence-electron chi connectivity index (χ4n) is 2.40. The van der Waals surface area contributed by atoms with Crippen molar-refractivity contribution >= 4 is 5.95 Å². The zero-order valence-corrected chi connectivity index (χ0v) is 14.3. The van der Waals surface area contributed by atoms with E-state index in [1.165, 1.54) is 5.56 Å². The molecule has 21 heavy (non-hydrogen) atoms. The summed E-state index contributed by atoms with van der Waals surface area (Å²) in [6.45, 7) is 14.7. The minimum absolute atomic E-state index is 0.109. The highest BCUT2D eigenvalue weighted by Gasteiger charge is 2.22. The van der Waals surface area contributed by atoms with Gasteiger partial charge in [-0.15, -0.1) is 0 Å². The van der Waals surface area contributed by atoms with Crippen molar-refractivity contribution in [3.8, 4) is 0 Å². The molecule has 0 radical (unpaired) electrons. The molecule has 1 unspecified atom stereocenters. The maximum Gasteiger partial charge on any atom is 0.225 e. The zero-order valence-electron chi connectivity index (χ0n) is 14.3. The van der Waals surface area contributed by atoms with Crippen LogP contribution in [-0.4, -0.2) is 53.1 Å². The molecule has 0 amide bonds. The molecule has 5 nitrogen and oxygen atoms in total. The van der Waals surface area contributed by atoms with Gasteiger partial charge in [0.1, 0.15) is 0 Å². The maximum atomic E-state index is 4.71. The highest BCUT2D eigenvalue weighted by Crippen LogP contribution is 2.16. The molecule has 118 valence electrons. The summed E-state index contributed by atoms with van der Waals surface area (Å²) in [6.07, 6.45) is 1.97. The fraction of sp³-hybridized carbons (Fsp3) is 0.750. The first-order chi connectivity index (χ1) is 9.76. The Morgan fingerprint density at radius 1 is 1.33 bits per heavy atom. The number of rotatable bonds is 3. The van der Waals surface area contributed by atoms with Crippen molar-refractivity contribution in [3.05, 3.63) is 17.5 Å². The third-order valence-corrected chi connectivity index (χ3v) is 4.12. The SMILES string of the molecule is Cc1nc(N2CCN(C)C(C)C2)ncc1CNC(C)(C)C. The summed E-state index contributed by atoms with van der Waals surface area (Å²) in [7, 11) is 2.18. The molecule has 1 aliphatic rings. The maximum absolute atomic E-state index is 4.71. The third kappa shape index (κ3) is 4.38. The molecule has 0 spiro atoms. The van der Waals surface area contributed by atoms with Gasteiger partial charge in [-0.05, 0) is 41.7 Å². The normalized spacial score (nSPS) is 20.9. The molecule has 0 bridgehead atoms. The standard InChI is InChI=1S/C16H29N5/c1-12-11-21(8-7-20(12)6)15-17-9-14(13(2)19-15)10-18-16(3,4)5/h9,12,18H,7-8,10-11H2,1-6H3. The molecule has 5 heteroatoms. The van der Waals surface area contributed by atoms with E-state index in [9.17, 15) is 0 Å². The minimum Gasteiger partial charge on any atom is -0.338 e. The van der Waals surface area contributed by atoms with Crippen molar-refractivity contribution in [1.82, 2.24) is 20.2 Å². The van der Waals surface area contributed by atoms with Gasteiger partial charge < -0.3 is 15.1 Å². The quantitative estimate of drug-likeness (QED) is 0.920. The van der Waals surface area contributed by atoms with Gasteiger partial charge in [-0.25, -0.2) is 9.97 Å². The molecule has 1 N–H and O–H groups in total. The molecule has 1 aliphatic heterocycles. The highest BCUT2D eigenvalue weighted by atomic mass is 15.3. The van der Waals surface area contributed by atoms with Crippen LogP contribution < -0.4 is 10.2 Å². The third-order valence-electron chi connectivity index (χ3n) is 4.12. The number of piperazine rings is 1. The summed E-state index contributed by atoms with van der Waals surface area (Å²) < 4.78 is 0. The van der Waals surface area contributed by atoms with Crippen molar-refractivity contribution in [2.75, 3.05) is 31.6 Å². The lowest BCUT2D eigenvalue weighted by Gasteiger charge is -2.37. The molecule has 0 aromatic carbocycles. The summed E-state index contributed by atoms with van der Waals surface area (Å²) in [5.41, 5.74) is 2.36. The van der Waals surface area contributed by atoms with Crippen molar-refractivity contribution in [1.29, 1.82) is 0 Å². The van der Waals surface area contributed by atoms with E-state index in [1.54, 1.807) is 0 Å². The highest BCUT2D eigenvalue weighted by molar-refractivity contribution is 5.34. The van der Waals surface area contributed by atoms with E-state index in [0.717, 1.165) is 37.8 Å². The smallest absolute Gasteiger partial charge is 0.225 e. The van der Waals surface area contributed by atoms with Crippen molar-refractivity contribution in [2.24, 2.45) is 0 Å². The van der Waals surface area contributed by atoms with Crippen LogP contribution in [0.25, 0.3) is 0 Å². The van der Waals surface area contributed by atoms with Crippen molar-refractivity contribution in [2.45, 2.75) is 52.7 Å². The number of nitrogens with one attached hydrogen (secondary N) is 1. The molecule has 1 fully saturated rings. The van der Waals surface area contributed by atoms with E-state index in [0.29, 0.717) is 6.04 Å². The molecule has 1 saturated heterocycles. The van der Waals surface area contributed by atoms with Crippen molar-refractivity contribution < 1.29 is 0 Å². The van der Waals surface area contributed by atoms with Gasteiger partial charge >= 0.3 is 0 Å². The minimum atomic E-state index is 0.109. The van der Waals surface area contributed by atoms with E-state index < -0.39 is 0 Å². The van der Waals surface area contributed by atoms with Gasteiger partial charge in [-0.3, -0.25) is 0 Å². The number of hydrogen-bond donors (Lipinski definition) is 1. The van der Waals surface area contributed by atoms with E-state index in [1.807, 2.05) is 6.20 Å². The topological polar surface area (TPSA) is 44.3 Å². The van der Waals surface area contributed by atoms with E-state index >= 15 is 0 Å². The molecule has 1 aromatic heterocycles. The average Bonchev–Trinajstić information content (AvgIpc) is 2.39. The van der Waals surface area contributed by atoms with Gasteiger partial charge in [0.25, 0.3) is 0 Å². The first-order valence-corrected chi connectivity index (χ1v) is 7.79. The van der Waals surface area contributed by atoms with Gasteiger partial charge in [-0.2, -0.15) is 0 Å². The van der Waals surface area contributed by atoms with Crippen LogP contribution in [0, 0.1) is 6.92 Å². The molecular weight excluding hydrogens is 262 g/mol. The van der Waals surface area contributed by atoms with E-state index in [-0.39, 0.29) is 5.54 Å². The lowest BCUT2D eigenvalue weighted by atomic mass is 10.1. The van der Waals surface area contributed by atoms with Gasteiger partial charge in [0.2, 0.25) is 5.95 Å². The number of likely N-dealkylation sites (N-methyl/N-ethyl adjacent to an activating group) is 1. The van der Waals surface area contributed by atoms with Crippen LogP contribution in [0.3, 0.4) is 0 Å². The van der Waals surface area contributed by atoms with Crippen LogP contribution >= 0.6 is 0 Å². The summed E-state index contributed by atoms with van der Waals surface area (Å²) in [5.74, 6) is 0.868. The predicted molar refractivity (Wildman–Crippen MR) is 87.7 cm³/mol. The number of aryl methyl sites for hydroxylation is 1. The Bertz CT molecular complexity index is 480. The summed E-state index contributed by atoms with van der Waals surface area (Å²) in [6, 6.07) is 0.546. The Morgan fingerprint density at radius 3 is 2.62 bits per heavy atom. The lowest BCUT2D eigenvalue weighted by Crippen LogP contribution is -2.50. The van der Waals surface area contributed by atoms with E-state index in [4.69, 9.17) is 4.98 Å². The Hall–Kier alpha value is -1.20. The van der Waals surface area contributed by atoms with Crippen LogP contribution in [0.2, 0.25) is 0 Å². The van der Waals surface area contributed by atoms with Crippen LogP contribution in [0.5, 0.6) is 0 Å². The van der Waals surface area contributed by atoms with Crippen LogP contribution in [0.15, 0.2) is 6.20 Å². The average molecular weight is 291 g/mol. The number of nitrogens with zero attached hydrogens (tertiary/aromatic N) is 4. The number of anilines is 1. The molecule has 2 heterocycles. The summed E-state index contributed by atoms with van der Waals surface area (Å²) in [5, 5.41) is 3.49. The Morgan fingerprint density at radius 2 is 2.05 bits per heavy atom. The number of hydrogen-bond acceptors (Lipinski definition) is 5. The first-order valence-electron chi connectivity index (χ1n) is 7.79. The van der Waals surface area contributed by atoms with Gasteiger partial charge in [0.15, 0.2) is 0 Å². The van der Waals surface area contributed by atoms with Gasteiger partial charge in [0.05, 0.1) is 0 Å². The largest absolute Gasteiger partial charge is 0.338 e. The predicted octanol–water partition coefficient (Wildman–Crippen LogP) is 1.81. The fourth-order valence-corrected chi connectivity index (χ4v) is 2.40. The molecule has 1 atom stereocenters. The zero-order chi connectivity index (χ0) is 15.6. The Kier molecular flexibility index (Phi) is 4.84. The molecule has 0 aliphatic carbocycles. The molecule has 0 saturated carbocycles. The summed E-state index contributed by atoms with van der Waals surface area (Å²) >= 11 is 0. The molecular formula is C16H29N5. The second-order valence-electron chi connectivity index (χ2n) is 7.16. The second-order valence-corrected chi connectivity index (χ2v) is 7.16. The van der Waals surface area contributed by atoms with E-state index in [2.05, 4.69) is 61.8 Å². The lowest BCUT2D eigenvalue weighted by molar-refractivity contribution is 0.232. The van der Waals surface area contributed by atoms with Gasteiger partial charge in [-0.1, -0.05) is 0 Å². The number of aromatic nitrogens is 2. The summed E-state index contributed by atoms with van der Waals surface area (Å²) in [4.78, 5) is 14.0. The van der Waals surface area contributed by atoms with Crippen LogP contribution in [0.4, 0.5) is 5.95 Å². The Labute approximate surface area is 128 Å². The van der Waals surface area contributed by atoms with Gasteiger partial charge in [0, 0.05) is 55.2 Å².